The number of aromatic nitrogens is 2. The van der Waals surface area contributed by atoms with Crippen molar-refractivity contribution in [3.63, 3.8) is 0 Å². The van der Waals surface area contributed by atoms with Crippen LogP contribution in [0.3, 0.4) is 0 Å². The number of piperidine rings is 1. The lowest BCUT2D eigenvalue weighted by Crippen LogP contribution is -2.44. The average molecular weight is 444 g/mol. The van der Waals surface area contributed by atoms with Crippen molar-refractivity contribution in [1.82, 2.24) is 14.7 Å². The second kappa shape index (κ2) is 10.6. The summed E-state index contributed by atoms with van der Waals surface area (Å²) in [5.74, 6) is -1.43. The van der Waals surface area contributed by atoms with Gasteiger partial charge in [0.25, 0.3) is 5.91 Å². The van der Waals surface area contributed by atoms with Crippen molar-refractivity contribution < 1.29 is 23.5 Å². The van der Waals surface area contributed by atoms with E-state index >= 15 is 0 Å². The van der Waals surface area contributed by atoms with Crippen molar-refractivity contribution in [2.75, 3.05) is 38.7 Å². The van der Waals surface area contributed by atoms with E-state index in [0.717, 1.165) is 0 Å². The van der Waals surface area contributed by atoms with E-state index < -0.39 is 23.7 Å². The Kier molecular flexibility index (Phi) is 7.62. The molecule has 3 N–H and O–H groups in total. The Hall–Kier alpha value is -3.65. The van der Waals surface area contributed by atoms with E-state index in [9.17, 15) is 19.2 Å². The molecule has 0 radical (unpaired) electrons. The maximum Gasteiger partial charge on any atom is 0.409 e. The van der Waals surface area contributed by atoms with E-state index in [-0.39, 0.29) is 30.6 Å². The SMILES string of the molecule is COCCCOC(=O)N1CCC(n2cc(C(N)=O)c(Nc3ccc(F)cc3)n2)C(C#N)C1. The summed E-state index contributed by atoms with van der Waals surface area (Å²) < 4.78 is 24.8. The fourth-order valence-corrected chi connectivity index (χ4v) is 3.51. The number of nitrogens with zero attached hydrogens (tertiary/aromatic N) is 4. The molecule has 2 atom stereocenters. The van der Waals surface area contributed by atoms with Gasteiger partial charge in [-0.1, -0.05) is 0 Å². The summed E-state index contributed by atoms with van der Waals surface area (Å²) in [4.78, 5) is 25.7. The molecule has 3 rings (SSSR count). The number of benzene rings is 1. The molecule has 1 aromatic heterocycles. The molecule has 10 nitrogen and oxygen atoms in total. The minimum Gasteiger partial charge on any atom is -0.449 e. The number of carbonyl (C=O) groups is 2. The first kappa shape index (κ1) is 23.0. The number of rotatable bonds is 8. The van der Waals surface area contributed by atoms with E-state index in [1.807, 2.05) is 0 Å². The summed E-state index contributed by atoms with van der Waals surface area (Å²) in [6.45, 7) is 1.28. The second-order valence-electron chi connectivity index (χ2n) is 7.37. The normalized spacial score (nSPS) is 18.1. The molecule has 2 amide bonds. The van der Waals surface area contributed by atoms with Crippen molar-refractivity contribution in [3.05, 3.63) is 41.8 Å². The quantitative estimate of drug-likeness (QED) is 0.597. The lowest BCUT2D eigenvalue weighted by atomic mass is 9.94. The first-order chi connectivity index (χ1) is 15.4. The first-order valence-corrected chi connectivity index (χ1v) is 10.1. The number of amides is 2. The van der Waals surface area contributed by atoms with Crippen LogP contribution in [0.5, 0.6) is 0 Å². The molecular weight excluding hydrogens is 419 g/mol. The Labute approximate surface area is 184 Å². The molecular formula is C21H25FN6O4. The van der Waals surface area contributed by atoms with Gasteiger partial charge in [-0.3, -0.25) is 9.48 Å². The number of nitrogens with one attached hydrogen (secondary N) is 1. The minimum absolute atomic E-state index is 0.144. The zero-order valence-corrected chi connectivity index (χ0v) is 17.7. The summed E-state index contributed by atoms with van der Waals surface area (Å²) in [6, 6.07) is 7.43. The van der Waals surface area contributed by atoms with E-state index in [0.29, 0.717) is 31.7 Å². The van der Waals surface area contributed by atoms with Crippen LogP contribution >= 0.6 is 0 Å². The van der Waals surface area contributed by atoms with Crippen LogP contribution < -0.4 is 11.1 Å². The second-order valence-corrected chi connectivity index (χ2v) is 7.37. The fraction of sp³-hybridized carbons (Fsp3) is 0.429. The van der Waals surface area contributed by atoms with Gasteiger partial charge in [0, 0.05) is 45.1 Å². The molecule has 170 valence electrons. The predicted molar refractivity (Wildman–Crippen MR) is 113 cm³/mol. The lowest BCUT2D eigenvalue weighted by Gasteiger charge is -2.34. The molecule has 11 heteroatoms. The third-order valence-corrected chi connectivity index (χ3v) is 5.16. The van der Waals surface area contributed by atoms with Crippen LogP contribution in [0.4, 0.5) is 20.7 Å². The zero-order chi connectivity index (χ0) is 23.1. The summed E-state index contributed by atoms with van der Waals surface area (Å²) >= 11 is 0. The number of anilines is 2. The van der Waals surface area contributed by atoms with Crippen molar-refractivity contribution in [2.24, 2.45) is 11.7 Å². The Bertz CT molecular complexity index is 987. The highest BCUT2D eigenvalue weighted by Gasteiger charge is 2.34. The van der Waals surface area contributed by atoms with Crippen molar-refractivity contribution in [1.29, 1.82) is 5.26 Å². The standard InChI is InChI=1S/C21H25FN6O4/c1-31-9-2-10-32-21(30)27-8-7-18(14(11-23)12-27)28-13-17(19(24)29)20(26-28)25-16-5-3-15(22)4-6-16/h3-6,13-14,18H,2,7-10,12H2,1H3,(H2,24,29)(H,25,26). The number of likely N-dealkylation sites (tertiary alicyclic amines) is 1. The highest BCUT2D eigenvalue weighted by Crippen LogP contribution is 2.30. The van der Waals surface area contributed by atoms with Gasteiger partial charge in [-0.2, -0.15) is 10.4 Å². The maximum atomic E-state index is 13.2. The Morgan fingerprint density at radius 2 is 2.09 bits per heavy atom. The summed E-state index contributed by atoms with van der Waals surface area (Å²) in [5, 5.41) is 17.1. The Balaban J connectivity index is 1.72. The number of halogens is 1. The molecule has 0 aliphatic carbocycles. The van der Waals surface area contributed by atoms with Gasteiger partial charge in [-0.15, -0.1) is 0 Å². The summed E-state index contributed by atoms with van der Waals surface area (Å²) in [6.07, 6.45) is 2.05. The van der Waals surface area contributed by atoms with Gasteiger partial charge >= 0.3 is 6.09 Å². The van der Waals surface area contributed by atoms with Crippen molar-refractivity contribution in [2.45, 2.75) is 18.9 Å². The van der Waals surface area contributed by atoms with E-state index in [2.05, 4.69) is 16.5 Å². The van der Waals surface area contributed by atoms with Crippen LogP contribution in [0.2, 0.25) is 0 Å². The van der Waals surface area contributed by atoms with Crippen LogP contribution in [-0.2, 0) is 9.47 Å². The smallest absolute Gasteiger partial charge is 0.409 e. The third kappa shape index (κ3) is 5.53. The maximum absolute atomic E-state index is 13.2. The van der Waals surface area contributed by atoms with Crippen LogP contribution in [0.25, 0.3) is 0 Å². The van der Waals surface area contributed by atoms with Gasteiger partial charge in [-0.05, 0) is 30.7 Å². The molecule has 2 unspecified atom stereocenters. The molecule has 1 saturated heterocycles. The minimum atomic E-state index is -0.688. The van der Waals surface area contributed by atoms with Gasteiger partial charge in [-0.25, -0.2) is 9.18 Å². The molecule has 1 aromatic carbocycles. The number of methoxy groups -OCH3 is 1. The lowest BCUT2D eigenvalue weighted by molar-refractivity contribution is 0.0706. The number of primary amides is 1. The number of hydrogen-bond acceptors (Lipinski definition) is 7. The van der Waals surface area contributed by atoms with Gasteiger partial charge < -0.3 is 25.4 Å². The molecule has 1 fully saturated rings. The number of nitriles is 1. The van der Waals surface area contributed by atoms with E-state index in [4.69, 9.17) is 15.2 Å². The van der Waals surface area contributed by atoms with Gasteiger partial charge in [0.1, 0.15) is 11.4 Å². The zero-order valence-electron chi connectivity index (χ0n) is 17.7. The molecule has 0 bridgehead atoms. The molecule has 1 aliphatic heterocycles. The predicted octanol–water partition coefficient (Wildman–Crippen LogP) is 2.42. The molecule has 2 heterocycles. The number of carbonyl (C=O) groups excluding carboxylic acids is 2. The van der Waals surface area contributed by atoms with Crippen molar-refractivity contribution >= 4 is 23.5 Å². The number of hydrogen-bond donors (Lipinski definition) is 2. The van der Waals surface area contributed by atoms with Gasteiger partial charge in [0.15, 0.2) is 5.82 Å². The fourth-order valence-electron chi connectivity index (χ4n) is 3.51. The Morgan fingerprint density at radius 1 is 1.34 bits per heavy atom. The number of nitrogens with two attached hydrogens (primary N) is 1. The third-order valence-electron chi connectivity index (χ3n) is 5.16. The van der Waals surface area contributed by atoms with Crippen LogP contribution in [0.15, 0.2) is 30.5 Å². The number of ether oxygens (including phenoxy) is 2. The van der Waals surface area contributed by atoms with Gasteiger partial charge in [0.2, 0.25) is 0 Å². The molecule has 2 aromatic rings. The average Bonchev–Trinajstić information content (AvgIpc) is 3.21. The summed E-state index contributed by atoms with van der Waals surface area (Å²) in [5.41, 5.74) is 6.17. The molecule has 1 aliphatic rings. The highest BCUT2D eigenvalue weighted by molar-refractivity contribution is 5.98. The van der Waals surface area contributed by atoms with E-state index in [1.54, 1.807) is 7.11 Å². The monoisotopic (exact) mass is 444 g/mol. The van der Waals surface area contributed by atoms with Gasteiger partial charge in [0.05, 0.1) is 24.6 Å². The highest BCUT2D eigenvalue weighted by atomic mass is 19.1. The Morgan fingerprint density at radius 3 is 2.75 bits per heavy atom. The summed E-state index contributed by atoms with van der Waals surface area (Å²) in [7, 11) is 1.57. The van der Waals surface area contributed by atoms with Crippen LogP contribution in [0, 0.1) is 23.1 Å². The van der Waals surface area contributed by atoms with Crippen molar-refractivity contribution in [3.8, 4) is 6.07 Å². The molecule has 0 spiro atoms. The molecule has 0 saturated carbocycles. The largest absolute Gasteiger partial charge is 0.449 e. The first-order valence-electron chi connectivity index (χ1n) is 10.1. The van der Waals surface area contributed by atoms with Crippen LogP contribution in [-0.4, -0.2) is 60.1 Å². The molecule has 32 heavy (non-hydrogen) atoms. The topological polar surface area (TPSA) is 136 Å². The van der Waals surface area contributed by atoms with Crippen LogP contribution in [0.1, 0.15) is 29.2 Å². The van der Waals surface area contributed by atoms with E-state index in [1.165, 1.54) is 40.0 Å².